The van der Waals surface area contributed by atoms with E-state index in [-0.39, 0.29) is 29.1 Å². The van der Waals surface area contributed by atoms with Gasteiger partial charge in [0, 0.05) is 0 Å². The van der Waals surface area contributed by atoms with Crippen molar-refractivity contribution in [1.29, 1.82) is 0 Å². The Morgan fingerprint density at radius 3 is 2.41 bits per heavy atom. The van der Waals surface area contributed by atoms with E-state index in [9.17, 15) is 15.3 Å². The SMILES string of the molecule is CCC[C@@H](C)C1CCC2C3C(C[C@H](O)[C@@]21C)[C@@]1(C)CC[C@@H](O)CC1C[C@H]3O. The maximum Gasteiger partial charge on any atom is 0.0602 e. The second kappa shape index (κ2) is 6.99. The second-order valence-electron chi connectivity index (χ2n) is 11.3. The third-order valence-corrected chi connectivity index (χ3v) is 10.3. The van der Waals surface area contributed by atoms with Crippen LogP contribution < -0.4 is 0 Å². The Morgan fingerprint density at radius 1 is 0.963 bits per heavy atom. The lowest BCUT2D eigenvalue weighted by Crippen LogP contribution is -2.62. The molecule has 4 rings (SSSR count). The first-order valence-corrected chi connectivity index (χ1v) is 11.8. The smallest absolute Gasteiger partial charge is 0.0602 e. The lowest BCUT2D eigenvalue weighted by Gasteiger charge is -2.63. The average Bonchev–Trinajstić information content (AvgIpc) is 2.96. The fourth-order valence-electron chi connectivity index (χ4n) is 8.79. The first kappa shape index (κ1) is 20.2. The third-order valence-electron chi connectivity index (χ3n) is 10.3. The molecule has 4 aliphatic rings. The summed E-state index contributed by atoms with van der Waals surface area (Å²) in [6.07, 6.45) is 8.64. The van der Waals surface area contributed by atoms with Crippen LogP contribution in [0.1, 0.15) is 85.5 Å². The van der Waals surface area contributed by atoms with Gasteiger partial charge in [-0.05, 0) is 91.3 Å². The zero-order chi connectivity index (χ0) is 19.6. The molecule has 4 aliphatic carbocycles. The number of hydrogen-bond donors (Lipinski definition) is 3. The Morgan fingerprint density at radius 2 is 1.70 bits per heavy atom. The molecule has 0 aromatic heterocycles. The first-order chi connectivity index (χ1) is 12.7. The van der Waals surface area contributed by atoms with E-state index >= 15 is 0 Å². The van der Waals surface area contributed by atoms with E-state index in [1.165, 1.54) is 25.7 Å². The fourth-order valence-corrected chi connectivity index (χ4v) is 8.79. The van der Waals surface area contributed by atoms with Crippen molar-refractivity contribution in [3.05, 3.63) is 0 Å². The minimum absolute atomic E-state index is 0.0336. The molecule has 27 heavy (non-hydrogen) atoms. The normalized spacial score (nSPS) is 56.1. The summed E-state index contributed by atoms with van der Waals surface area (Å²) in [7, 11) is 0. The van der Waals surface area contributed by atoms with Crippen molar-refractivity contribution in [2.75, 3.05) is 0 Å². The van der Waals surface area contributed by atoms with Gasteiger partial charge in [-0.25, -0.2) is 0 Å². The molecule has 5 unspecified atom stereocenters. The molecule has 0 bridgehead atoms. The van der Waals surface area contributed by atoms with E-state index in [0.717, 1.165) is 32.1 Å². The van der Waals surface area contributed by atoms with Gasteiger partial charge in [0.25, 0.3) is 0 Å². The molecule has 4 fully saturated rings. The van der Waals surface area contributed by atoms with Gasteiger partial charge >= 0.3 is 0 Å². The third kappa shape index (κ3) is 2.86. The van der Waals surface area contributed by atoms with Crippen LogP contribution in [0.2, 0.25) is 0 Å². The average molecular weight is 379 g/mol. The molecule has 0 aromatic rings. The summed E-state index contributed by atoms with van der Waals surface area (Å²) in [5, 5.41) is 32.9. The Balaban J connectivity index is 1.66. The highest BCUT2D eigenvalue weighted by Gasteiger charge is 2.65. The molecule has 0 amide bonds. The van der Waals surface area contributed by atoms with Crippen LogP contribution in [0, 0.1) is 46.3 Å². The summed E-state index contributed by atoms with van der Waals surface area (Å²) in [6, 6.07) is 0. The van der Waals surface area contributed by atoms with Crippen molar-refractivity contribution in [2.24, 2.45) is 46.3 Å². The first-order valence-electron chi connectivity index (χ1n) is 11.8. The van der Waals surface area contributed by atoms with Crippen molar-refractivity contribution >= 4 is 0 Å². The van der Waals surface area contributed by atoms with Gasteiger partial charge < -0.3 is 15.3 Å². The Bertz CT molecular complexity index is 550. The van der Waals surface area contributed by atoms with Crippen molar-refractivity contribution in [2.45, 2.75) is 104 Å². The number of hydrogen-bond acceptors (Lipinski definition) is 3. The highest BCUT2D eigenvalue weighted by molar-refractivity contribution is 5.14. The molecule has 0 saturated heterocycles. The molecule has 0 radical (unpaired) electrons. The van der Waals surface area contributed by atoms with E-state index in [1.54, 1.807) is 0 Å². The van der Waals surface area contributed by atoms with Crippen LogP contribution in [0.4, 0.5) is 0 Å². The monoisotopic (exact) mass is 378 g/mol. The van der Waals surface area contributed by atoms with E-state index in [2.05, 4.69) is 27.7 Å². The van der Waals surface area contributed by atoms with Gasteiger partial charge in [-0.2, -0.15) is 0 Å². The van der Waals surface area contributed by atoms with Crippen LogP contribution in [0.3, 0.4) is 0 Å². The molecule has 3 N–H and O–H groups in total. The Hall–Kier alpha value is -0.120. The summed E-state index contributed by atoms with van der Waals surface area (Å²) in [5.41, 5.74) is 0.146. The Labute approximate surface area is 165 Å². The molecular formula is C24H42O3. The summed E-state index contributed by atoms with van der Waals surface area (Å²) >= 11 is 0. The van der Waals surface area contributed by atoms with Crippen LogP contribution in [-0.4, -0.2) is 33.6 Å². The van der Waals surface area contributed by atoms with Crippen LogP contribution in [-0.2, 0) is 0 Å². The molecule has 0 aromatic carbocycles. The second-order valence-corrected chi connectivity index (χ2v) is 11.3. The lowest BCUT2D eigenvalue weighted by molar-refractivity contribution is -0.207. The van der Waals surface area contributed by atoms with E-state index in [0.29, 0.717) is 35.5 Å². The molecule has 156 valence electrons. The molecule has 0 spiro atoms. The standard InChI is InChI=1S/C24H42O3/c1-5-6-14(2)17-7-8-18-22-19(13-21(27)24(17,18)4)23(3)10-9-16(25)11-15(23)12-20(22)26/h14-22,25-27H,5-13H2,1-4H3/t14-,15?,16-,17?,18?,19?,20-,21+,22?,23+,24-/m1/s1. The molecule has 0 aliphatic heterocycles. The molecule has 3 nitrogen and oxygen atoms in total. The van der Waals surface area contributed by atoms with E-state index in [4.69, 9.17) is 0 Å². The zero-order valence-electron chi connectivity index (χ0n) is 17.9. The quantitative estimate of drug-likeness (QED) is 0.683. The van der Waals surface area contributed by atoms with Gasteiger partial charge in [0.15, 0.2) is 0 Å². The van der Waals surface area contributed by atoms with Crippen LogP contribution in [0.15, 0.2) is 0 Å². The van der Waals surface area contributed by atoms with Crippen molar-refractivity contribution in [1.82, 2.24) is 0 Å². The van der Waals surface area contributed by atoms with E-state index in [1.807, 2.05) is 0 Å². The van der Waals surface area contributed by atoms with Gasteiger partial charge in [0.05, 0.1) is 18.3 Å². The molecular weight excluding hydrogens is 336 g/mol. The number of fused-ring (bicyclic) bond motifs is 5. The topological polar surface area (TPSA) is 60.7 Å². The van der Waals surface area contributed by atoms with Crippen molar-refractivity contribution < 1.29 is 15.3 Å². The van der Waals surface area contributed by atoms with Gasteiger partial charge in [-0.1, -0.05) is 40.5 Å². The zero-order valence-corrected chi connectivity index (χ0v) is 17.9. The molecule has 4 saturated carbocycles. The maximum atomic E-state index is 11.5. The largest absolute Gasteiger partial charge is 0.393 e. The van der Waals surface area contributed by atoms with Gasteiger partial charge in [-0.15, -0.1) is 0 Å². The predicted octanol–water partition coefficient (Wildman–Crippen LogP) is 4.38. The maximum absolute atomic E-state index is 11.5. The highest BCUT2D eigenvalue weighted by Crippen LogP contribution is 2.68. The molecule has 3 heteroatoms. The van der Waals surface area contributed by atoms with E-state index < -0.39 is 0 Å². The predicted molar refractivity (Wildman–Crippen MR) is 108 cm³/mol. The number of rotatable bonds is 3. The molecule has 11 atom stereocenters. The highest BCUT2D eigenvalue weighted by atomic mass is 16.3. The van der Waals surface area contributed by atoms with Crippen molar-refractivity contribution in [3.8, 4) is 0 Å². The number of aliphatic hydroxyl groups excluding tert-OH is 3. The summed E-state index contributed by atoms with van der Waals surface area (Å²) < 4.78 is 0. The van der Waals surface area contributed by atoms with Crippen LogP contribution in [0.25, 0.3) is 0 Å². The van der Waals surface area contributed by atoms with Gasteiger partial charge in [-0.3, -0.25) is 0 Å². The van der Waals surface area contributed by atoms with Gasteiger partial charge in [0.1, 0.15) is 0 Å². The lowest BCUT2D eigenvalue weighted by atomic mass is 9.43. The minimum Gasteiger partial charge on any atom is -0.393 e. The fraction of sp³-hybridized carbons (Fsp3) is 1.00. The van der Waals surface area contributed by atoms with Crippen LogP contribution in [0.5, 0.6) is 0 Å². The number of aliphatic hydroxyl groups is 3. The summed E-state index contributed by atoms with van der Waals surface area (Å²) in [6.45, 7) is 9.42. The molecule has 0 heterocycles. The van der Waals surface area contributed by atoms with Gasteiger partial charge in [0.2, 0.25) is 0 Å². The van der Waals surface area contributed by atoms with Crippen LogP contribution >= 0.6 is 0 Å². The summed E-state index contributed by atoms with van der Waals surface area (Å²) in [4.78, 5) is 0. The summed E-state index contributed by atoms with van der Waals surface area (Å²) in [5.74, 6) is 2.86. The Kier molecular flexibility index (Phi) is 5.22. The van der Waals surface area contributed by atoms with Crippen molar-refractivity contribution in [3.63, 3.8) is 0 Å². The minimum atomic E-state index is -0.254.